The number of ether oxygens (including phenoxy) is 5. The monoisotopic (exact) mass is 524 g/mol. The Kier molecular flexibility index (Phi) is 6.89. The van der Waals surface area contributed by atoms with E-state index in [0.717, 1.165) is 6.08 Å². The van der Waals surface area contributed by atoms with E-state index in [1.807, 2.05) is 0 Å². The summed E-state index contributed by atoms with van der Waals surface area (Å²) < 4.78 is 27.6. The molecule has 2 saturated heterocycles. The molecular weight excluding hydrogens is 496 g/mol. The fourth-order valence-corrected chi connectivity index (χ4v) is 5.18. The van der Waals surface area contributed by atoms with Crippen molar-refractivity contribution in [1.82, 2.24) is 0 Å². The van der Waals surface area contributed by atoms with Gasteiger partial charge in [0.05, 0.1) is 24.9 Å². The van der Waals surface area contributed by atoms with Gasteiger partial charge in [0.15, 0.2) is 17.8 Å². The van der Waals surface area contributed by atoms with Gasteiger partial charge >= 0.3 is 5.97 Å². The van der Waals surface area contributed by atoms with Crippen molar-refractivity contribution < 1.29 is 64.2 Å². The summed E-state index contributed by atoms with van der Waals surface area (Å²) in [6.45, 7) is -0.894. The summed E-state index contributed by atoms with van der Waals surface area (Å²) in [6.07, 6.45) is -5.09. The van der Waals surface area contributed by atoms with Crippen LogP contribution < -0.4 is 0 Å². The maximum atomic E-state index is 12.1. The highest BCUT2D eigenvalue weighted by Crippen LogP contribution is 2.59. The van der Waals surface area contributed by atoms with Crippen molar-refractivity contribution in [2.75, 3.05) is 13.2 Å². The van der Waals surface area contributed by atoms with E-state index < -0.39 is 85.8 Å². The van der Waals surface area contributed by atoms with Gasteiger partial charge in [-0.05, 0) is 29.8 Å². The quantitative estimate of drug-likeness (QED) is 0.0900. The summed E-state index contributed by atoms with van der Waals surface area (Å²) in [4.78, 5) is 12.1. The first-order valence-electron chi connectivity index (χ1n) is 11.7. The number of epoxide rings is 1. The molecule has 11 atom stereocenters. The number of carbonyl (C=O) groups is 1. The molecule has 7 N–H and O–H groups in total. The lowest BCUT2D eigenvalue weighted by molar-refractivity contribution is -0.344. The van der Waals surface area contributed by atoms with Crippen LogP contribution >= 0.6 is 0 Å². The Labute approximate surface area is 210 Å². The zero-order chi connectivity index (χ0) is 26.5. The lowest BCUT2D eigenvalue weighted by Gasteiger charge is -2.43. The molecule has 3 aliphatic heterocycles. The minimum absolute atomic E-state index is 0.314. The molecule has 3 fully saturated rings. The van der Waals surface area contributed by atoms with E-state index in [9.17, 15) is 40.5 Å². The molecule has 13 heteroatoms. The molecule has 11 unspecified atom stereocenters. The first-order valence-corrected chi connectivity index (χ1v) is 11.7. The molecule has 5 rings (SSSR count). The second-order valence-electron chi connectivity index (χ2n) is 9.44. The van der Waals surface area contributed by atoms with Crippen molar-refractivity contribution >= 4 is 12.0 Å². The van der Waals surface area contributed by atoms with E-state index in [4.69, 9.17) is 23.7 Å². The molecule has 202 valence electrons. The Bertz CT molecular complexity index is 1070. The molecule has 0 aromatic heterocycles. The number of benzene rings is 1. The first kappa shape index (κ1) is 25.9. The minimum atomic E-state index is -1.71. The summed E-state index contributed by atoms with van der Waals surface area (Å²) in [5.41, 5.74) is -0.667. The van der Waals surface area contributed by atoms with Crippen molar-refractivity contribution in [2.24, 2.45) is 11.8 Å². The zero-order valence-corrected chi connectivity index (χ0v) is 19.3. The summed E-state index contributed by atoms with van der Waals surface area (Å²) in [7, 11) is 0. The van der Waals surface area contributed by atoms with Gasteiger partial charge in [0.25, 0.3) is 0 Å². The van der Waals surface area contributed by atoms with Gasteiger partial charge in [-0.25, -0.2) is 4.79 Å². The Balaban J connectivity index is 1.21. The van der Waals surface area contributed by atoms with Gasteiger partial charge in [0.2, 0.25) is 6.29 Å². The van der Waals surface area contributed by atoms with Gasteiger partial charge in [0, 0.05) is 12.0 Å². The van der Waals surface area contributed by atoms with Crippen LogP contribution in [-0.4, -0.2) is 110 Å². The number of aliphatic hydroxyl groups excluding tert-OH is 5. The van der Waals surface area contributed by atoms with Crippen LogP contribution in [0.15, 0.2) is 36.6 Å². The third kappa shape index (κ3) is 4.57. The van der Waals surface area contributed by atoms with Gasteiger partial charge in [-0.2, -0.15) is 0 Å². The highest BCUT2D eigenvalue weighted by molar-refractivity contribution is 5.87. The van der Waals surface area contributed by atoms with Crippen molar-refractivity contribution in [3.63, 3.8) is 0 Å². The van der Waals surface area contributed by atoms with Crippen LogP contribution in [0.3, 0.4) is 0 Å². The highest BCUT2D eigenvalue weighted by Gasteiger charge is 2.75. The number of phenolic OH excluding ortho intramolecular Hbond substituents is 2. The maximum Gasteiger partial charge on any atom is 0.330 e. The molecule has 0 amide bonds. The van der Waals surface area contributed by atoms with Crippen molar-refractivity contribution in [3.05, 3.63) is 42.2 Å². The van der Waals surface area contributed by atoms with Crippen molar-refractivity contribution in [3.8, 4) is 11.5 Å². The van der Waals surface area contributed by atoms with Crippen LogP contribution in [0.4, 0.5) is 0 Å². The largest absolute Gasteiger partial charge is 0.504 e. The summed E-state index contributed by atoms with van der Waals surface area (Å²) in [5, 5.41) is 70.4. The van der Waals surface area contributed by atoms with E-state index in [0.29, 0.717) is 5.56 Å². The van der Waals surface area contributed by atoms with E-state index in [2.05, 4.69) is 0 Å². The second kappa shape index (κ2) is 9.85. The molecule has 3 heterocycles. The maximum absolute atomic E-state index is 12.1. The van der Waals surface area contributed by atoms with Crippen LogP contribution in [0, 0.1) is 11.8 Å². The average Bonchev–Trinajstić information content (AvgIpc) is 3.58. The van der Waals surface area contributed by atoms with Crippen LogP contribution in [-0.2, 0) is 28.5 Å². The Morgan fingerprint density at radius 2 is 1.81 bits per heavy atom. The molecular formula is C24H28O13. The van der Waals surface area contributed by atoms with Crippen molar-refractivity contribution in [1.29, 1.82) is 0 Å². The molecule has 0 radical (unpaired) electrons. The smallest absolute Gasteiger partial charge is 0.330 e. The third-order valence-corrected chi connectivity index (χ3v) is 7.25. The molecule has 37 heavy (non-hydrogen) atoms. The number of esters is 1. The van der Waals surface area contributed by atoms with Gasteiger partial charge in [-0.15, -0.1) is 0 Å². The first-order chi connectivity index (χ1) is 17.7. The Morgan fingerprint density at radius 1 is 1.03 bits per heavy atom. The van der Waals surface area contributed by atoms with Gasteiger partial charge < -0.3 is 59.4 Å². The van der Waals surface area contributed by atoms with Crippen molar-refractivity contribution in [2.45, 2.75) is 54.8 Å². The Hall–Kier alpha value is -2.75. The van der Waals surface area contributed by atoms with E-state index in [1.54, 1.807) is 6.08 Å². The van der Waals surface area contributed by atoms with Gasteiger partial charge in [-0.1, -0.05) is 6.07 Å². The molecule has 0 spiro atoms. The molecule has 1 aliphatic carbocycles. The summed E-state index contributed by atoms with van der Waals surface area (Å²) in [5.74, 6) is -2.59. The molecule has 4 aliphatic rings. The predicted octanol–water partition coefficient (Wildman–Crippen LogP) is -1.91. The number of phenols is 2. The lowest BCUT2D eigenvalue weighted by Crippen LogP contribution is -2.60. The summed E-state index contributed by atoms with van der Waals surface area (Å²) in [6, 6.07) is 3.94. The fourth-order valence-electron chi connectivity index (χ4n) is 5.18. The molecule has 1 saturated carbocycles. The predicted molar refractivity (Wildman–Crippen MR) is 119 cm³/mol. The molecule has 13 nitrogen and oxygen atoms in total. The minimum Gasteiger partial charge on any atom is -0.504 e. The van der Waals surface area contributed by atoms with E-state index in [1.165, 1.54) is 30.5 Å². The second-order valence-corrected chi connectivity index (χ2v) is 9.44. The number of hydrogen-bond acceptors (Lipinski definition) is 13. The summed E-state index contributed by atoms with van der Waals surface area (Å²) >= 11 is 0. The van der Waals surface area contributed by atoms with Crippen LogP contribution in [0.2, 0.25) is 0 Å². The lowest BCUT2D eigenvalue weighted by atomic mass is 9.85. The van der Waals surface area contributed by atoms with Crippen LogP contribution in [0.1, 0.15) is 5.56 Å². The third-order valence-electron chi connectivity index (χ3n) is 7.25. The van der Waals surface area contributed by atoms with Gasteiger partial charge in [0.1, 0.15) is 42.7 Å². The number of carbonyl (C=O) groups excluding carboxylic acids is 1. The van der Waals surface area contributed by atoms with E-state index >= 15 is 0 Å². The Morgan fingerprint density at radius 3 is 2.54 bits per heavy atom. The molecule has 1 aromatic rings. The number of fused-ring (bicyclic) bond motifs is 3. The standard InChI is InChI=1S/C24H28O13/c25-9-24-16-11(17(29)21(24)37-24)5-6-33-22(16)36-23-20(32)19(31)18(30)14(35-23)8-34-15(28)4-2-10-1-3-12(26)13(27)7-10/h1-7,11,14,16-23,25-27,29-32H,8-9H2. The normalized spacial score (nSPS) is 42.2. The van der Waals surface area contributed by atoms with Gasteiger partial charge in [-0.3, -0.25) is 0 Å². The zero-order valence-electron chi connectivity index (χ0n) is 19.3. The average molecular weight is 524 g/mol. The highest BCUT2D eigenvalue weighted by atomic mass is 16.8. The van der Waals surface area contributed by atoms with E-state index in [-0.39, 0.29) is 11.5 Å². The number of aromatic hydroxyl groups is 2. The number of hydrogen-bond donors (Lipinski definition) is 7. The molecule has 0 bridgehead atoms. The topological polar surface area (TPSA) is 208 Å². The SMILES string of the molecule is O=C(C=Cc1ccc(O)c(O)c1)OCC1OC(OC2OC=CC3C(O)C4OC4(CO)C23)C(O)C(O)C1O. The van der Waals surface area contributed by atoms with Crippen LogP contribution in [0.5, 0.6) is 11.5 Å². The number of rotatable bonds is 7. The number of aliphatic hydroxyl groups is 5. The fraction of sp³-hybridized carbons (Fsp3) is 0.542. The van der Waals surface area contributed by atoms with Crippen LogP contribution in [0.25, 0.3) is 6.08 Å². The molecule has 1 aromatic carbocycles.